The van der Waals surface area contributed by atoms with Crippen molar-refractivity contribution >= 4 is 17.3 Å². The maximum atomic E-state index is 11.2. The number of anilines is 2. The molecule has 0 fully saturated rings. The van der Waals surface area contributed by atoms with Gasteiger partial charge in [-0.3, -0.25) is 0 Å². The minimum absolute atomic E-state index is 0.197. The predicted octanol–water partition coefficient (Wildman–Crippen LogP) is 2.52. The van der Waals surface area contributed by atoms with Gasteiger partial charge < -0.3 is 16.6 Å². The van der Waals surface area contributed by atoms with Crippen molar-refractivity contribution in [2.45, 2.75) is 6.92 Å². The normalized spacial score (nSPS) is 10.3. The molecule has 0 amide bonds. The molecule has 5 N–H and O–H groups in total. The number of nitrogen functional groups attached to an aromatic ring is 2. The zero-order chi connectivity index (χ0) is 13.3. The number of rotatable bonds is 2. The molecule has 0 atom stereocenters. The fraction of sp³-hybridized carbons (Fsp3) is 0.0714. The van der Waals surface area contributed by atoms with Crippen LogP contribution in [0, 0.1) is 6.92 Å². The predicted molar refractivity (Wildman–Crippen MR) is 72.4 cm³/mol. The summed E-state index contributed by atoms with van der Waals surface area (Å²) in [7, 11) is 0. The largest absolute Gasteiger partial charge is 0.478 e. The van der Waals surface area contributed by atoms with Crippen LogP contribution in [0.3, 0.4) is 0 Å². The third kappa shape index (κ3) is 2.13. The smallest absolute Gasteiger partial charge is 0.336 e. The first-order valence-corrected chi connectivity index (χ1v) is 5.48. The highest BCUT2D eigenvalue weighted by atomic mass is 16.4. The van der Waals surface area contributed by atoms with Crippen LogP contribution in [0.25, 0.3) is 11.1 Å². The van der Waals surface area contributed by atoms with Gasteiger partial charge in [-0.15, -0.1) is 0 Å². The van der Waals surface area contributed by atoms with Crippen LogP contribution in [-0.2, 0) is 0 Å². The van der Waals surface area contributed by atoms with Crippen LogP contribution in [0.15, 0.2) is 36.4 Å². The molecule has 0 aliphatic heterocycles. The topological polar surface area (TPSA) is 89.3 Å². The lowest BCUT2D eigenvalue weighted by Crippen LogP contribution is -2.02. The van der Waals surface area contributed by atoms with Gasteiger partial charge in [-0.1, -0.05) is 12.1 Å². The summed E-state index contributed by atoms with van der Waals surface area (Å²) in [4.78, 5) is 11.2. The summed E-state index contributed by atoms with van der Waals surface area (Å²) in [6.45, 7) is 1.90. The Hall–Kier alpha value is -2.49. The summed E-state index contributed by atoms with van der Waals surface area (Å²) in [5, 5.41) is 9.22. The van der Waals surface area contributed by atoms with Gasteiger partial charge in [0, 0.05) is 11.4 Å². The number of nitrogens with two attached hydrogens (primary N) is 2. The number of hydrogen-bond acceptors (Lipinski definition) is 3. The van der Waals surface area contributed by atoms with E-state index in [0.717, 1.165) is 11.1 Å². The van der Waals surface area contributed by atoms with Crippen molar-refractivity contribution in [2.75, 3.05) is 11.5 Å². The van der Waals surface area contributed by atoms with E-state index in [0.29, 0.717) is 16.9 Å². The van der Waals surface area contributed by atoms with Crippen molar-refractivity contribution in [3.05, 3.63) is 47.5 Å². The Morgan fingerprint density at radius 3 is 2.11 bits per heavy atom. The van der Waals surface area contributed by atoms with Crippen LogP contribution < -0.4 is 11.5 Å². The maximum absolute atomic E-state index is 11.2. The monoisotopic (exact) mass is 242 g/mol. The van der Waals surface area contributed by atoms with E-state index in [4.69, 9.17) is 11.5 Å². The third-order valence-corrected chi connectivity index (χ3v) is 2.81. The van der Waals surface area contributed by atoms with E-state index in [1.807, 2.05) is 19.1 Å². The van der Waals surface area contributed by atoms with E-state index in [-0.39, 0.29) is 5.56 Å². The summed E-state index contributed by atoms with van der Waals surface area (Å²) in [6.07, 6.45) is 0. The minimum Gasteiger partial charge on any atom is -0.478 e. The van der Waals surface area contributed by atoms with E-state index in [2.05, 4.69) is 0 Å². The molecule has 0 aliphatic rings. The van der Waals surface area contributed by atoms with Gasteiger partial charge in [-0.05, 0) is 47.9 Å². The number of hydrogen-bond donors (Lipinski definition) is 3. The molecular formula is C14H14N2O2. The second kappa shape index (κ2) is 4.41. The van der Waals surface area contributed by atoms with Crippen LogP contribution in [0.1, 0.15) is 15.9 Å². The Balaban J connectivity index is 2.67. The lowest BCUT2D eigenvalue weighted by Gasteiger charge is -2.10. The van der Waals surface area contributed by atoms with Gasteiger partial charge in [-0.2, -0.15) is 0 Å². The summed E-state index contributed by atoms with van der Waals surface area (Å²) >= 11 is 0. The molecule has 2 aromatic carbocycles. The van der Waals surface area contributed by atoms with Crippen molar-refractivity contribution < 1.29 is 9.90 Å². The van der Waals surface area contributed by atoms with Crippen LogP contribution >= 0.6 is 0 Å². The highest BCUT2D eigenvalue weighted by Crippen LogP contribution is 2.29. The molecule has 0 bridgehead atoms. The summed E-state index contributed by atoms with van der Waals surface area (Å²) in [5.41, 5.74) is 15.0. The molecule has 4 heteroatoms. The van der Waals surface area contributed by atoms with Crippen LogP contribution in [0.5, 0.6) is 0 Å². The molecule has 0 aliphatic carbocycles. The van der Waals surface area contributed by atoms with Crippen LogP contribution in [0.2, 0.25) is 0 Å². The molecule has 18 heavy (non-hydrogen) atoms. The molecule has 4 nitrogen and oxygen atoms in total. The highest BCUT2D eigenvalue weighted by Gasteiger charge is 2.13. The molecule has 2 rings (SSSR count). The van der Waals surface area contributed by atoms with Crippen LogP contribution in [-0.4, -0.2) is 11.1 Å². The lowest BCUT2D eigenvalue weighted by molar-refractivity contribution is 0.0698. The van der Waals surface area contributed by atoms with Crippen molar-refractivity contribution in [1.29, 1.82) is 0 Å². The molecule has 2 aromatic rings. The van der Waals surface area contributed by atoms with E-state index in [1.165, 1.54) is 6.07 Å². The molecule has 92 valence electrons. The number of carboxylic acids is 1. The standard InChI is InChI=1S/C14H14N2O2/c1-8-6-9(15)2-4-11(8)12-5-3-10(16)7-13(12)14(17)18/h2-7H,15-16H2,1H3,(H,17,18). The van der Waals surface area contributed by atoms with Gasteiger partial charge >= 0.3 is 5.97 Å². The molecule has 0 saturated heterocycles. The molecule has 0 radical (unpaired) electrons. The fourth-order valence-electron chi connectivity index (χ4n) is 1.96. The number of carboxylic acid groups (broad SMARTS) is 1. The maximum Gasteiger partial charge on any atom is 0.336 e. The minimum atomic E-state index is -0.992. The van der Waals surface area contributed by atoms with E-state index < -0.39 is 5.97 Å². The quantitative estimate of drug-likeness (QED) is 0.706. The zero-order valence-electron chi connectivity index (χ0n) is 9.97. The average molecular weight is 242 g/mol. The fourth-order valence-corrected chi connectivity index (χ4v) is 1.96. The van der Waals surface area contributed by atoms with Gasteiger partial charge in [0.25, 0.3) is 0 Å². The van der Waals surface area contributed by atoms with Crippen molar-refractivity contribution in [1.82, 2.24) is 0 Å². The summed E-state index contributed by atoms with van der Waals surface area (Å²) in [6, 6.07) is 10.3. The van der Waals surface area contributed by atoms with Crippen molar-refractivity contribution in [2.24, 2.45) is 0 Å². The lowest BCUT2D eigenvalue weighted by atomic mass is 9.95. The van der Waals surface area contributed by atoms with E-state index >= 15 is 0 Å². The molecule has 0 unspecified atom stereocenters. The van der Waals surface area contributed by atoms with Gasteiger partial charge in [-0.25, -0.2) is 4.79 Å². The molecular weight excluding hydrogens is 228 g/mol. The second-order valence-corrected chi connectivity index (χ2v) is 4.18. The number of aromatic carboxylic acids is 1. The summed E-state index contributed by atoms with van der Waals surface area (Å²) in [5.74, 6) is -0.992. The third-order valence-electron chi connectivity index (χ3n) is 2.81. The van der Waals surface area contributed by atoms with Crippen molar-refractivity contribution in [3.8, 4) is 11.1 Å². The van der Waals surface area contributed by atoms with Crippen molar-refractivity contribution in [3.63, 3.8) is 0 Å². The van der Waals surface area contributed by atoms with E-state index in [9.17, 15) is 9.90 Å². The molecule has 0 heterocycles. The Bertz CT molecular complexity index is 621. The first-order valence-electron chi connectivity index (χ1n) is 5.48. The molecule has 0 aromatic heterocycles. The Morgan fingerprint density at radius 1 is 1.00 bits per heavy atom. The zero-order valence-corrected chi connectivity index (χ0v) is 9.97. The Labute approximate surface area is 105 Å². The molecule has 0 saturated carbocycles. The number of benzene rings is 2. The summed E-state index contributed by atoms with van der Waals surface area (Å²) < 4.78 is 0. The molecule has 0 spiro atoms. The first kappa shape index (κ1) is 12.0. The highest BCUT2D eigenvalue weighted by molar-refractivity contribution is 5.97. The Kier molecular flexibility index (Phi) is 2.93. The first-order chi connectivity index (χ1) is 8.49. The van der Waals surface area contributed by atoms with Gasteiger partial charge in [0.05, 0.1) is 5.56 Å². The Morgan fingerprint density at radius 2 is 1.56 bits per heavy atom. The van der Waals surface area contributed by atoms with Gasteiger partial charge in [0.15, 0.2) is 0 Å². The SMILES string of the molecule is Cc1cc(N)ccc1-c1ccc(N)cc1C(=O)O. The van der Waals surface area contributed by atoms with Crippen LogP contribution in [0.4, 0.5) is 11.4 Å². The average Bonchev–Trinajstić information content (AvgIpc) is 2.29. The van der Waals surface area contributed by atoms with E-state index in [1.54, 1.807) is 18.2 Å². The number of aryl methyl sites for hydroxylation is 1. The second-order valence-electron chi connectivity index (χ2n) is 4.18. The van der Waals surface area contributed by atoms with Gasteiger partial charge in [0.1, 0.15) is 0 Å². The number of carbonyl (C=O) groups is 1. The van der Waals surface area contributed by atoms with Gasteiger partial charge in [0.2, 0.25) is 0 Å².